The molecule has 16 heavy (non-hydrogen) atoms. The van der Waals surface area contributed by atoms with Crippen molar-refractivity contribution in [2.45, 2.75) is 71.1 Å². The van der Waals surface area contributed by atoms with E-state index in [4.69, 9.17) is 0 Å². The zero-order valence-electron chi connectivity index (χ0n) is 11.1. The van der Waals surface area contributed by atoms with Crippen molar-refractivity contribution in [2.24, 2.45) is 0 Å². The van der Waals surface area contributed by atoms with E-state index in [1.54, 1.807) is 0 Å². The van der Waals surface area contributed by atoms with Crippen molar-refractivity contribution >= 4 is 0 Å². The number of unbranched alkanes of at least 4 members (excludes halogenated alkanes) is 8. The lowest BCUT2D eigenvalue weighted by Crippen LogP contribution is -1.80. The minimum Gasteiger partial charge on any atom is -0.0888 e. The van der Waals surface area contributed by atoms with E-state index in [-0.39, 0.29) is 0 Å². The van der Waals surface area contributed by atoms with Gasteiger partial charge < -0.3 is 0 Å². The topological polar surface area (TPSA) is 0 Å². The smallest absolute Gasteiger partial charge is 0.0316 e. The summed E-state index contributed by atoms with van der Waals surface area (Å²) < 4.78 is 0. The molecule has 0 spiro atoms. The average molecular weight is 221 g/mol. The van der Waals surface area contributed by atoms with Gasteiger partial charge in [0.1, 0.15) is 0 Å². The molecular formula is C16H29. The molecule has 93 valence electrons. The Balaban J connectivity index is 2.96. The van der Waals surface area contributed by atoms with Crippen LogP contribution < -0.4 is 0 Å². The Bertz CT molecular complexity index is 165. The van der Waals surface area contributed by atoms with E-state index >= 15 is 0 Å². The van der Waals surface area contributed by atoms with Crippen LogP contribution >= 0.6 is 0 Å². The molecule has 0 aliphatic rings. The molecule has 0 aliphatic carbocycles. The van der Waals surface area contributed by atoms with E-state index < -0.39 is 0 Å². The van der Waals surface area contributed by atoms with Crippen LogP contribution in [0.4, 0.5) is 0 Å². The molecule has 1 radical (unpaired) electrons. The Kier molecular flexibility index (Phi) is 14.0. The van der Waals surface area contributed by atoms with Crippen molar-refractivity contribution in [3.8, 4) is 0 Å². The largest absolute Gasteiger partial charge is 0.0888 e. The molecule has 0 aliphatic heterocycles. The molecule has 0 aromatic heterocycles. The zero-order chi connectivity index (χ0) is 11.9. The summed E-state index contributed by atoms with van der Waals surface area (Å²) in [5.41, 5.74) is 0. The van der Waals surface area contributed by atoms with Crippen LogP contribution in [0.15, 0.2) is 24.3 Å². The van der Waals surface area contributed by atoms with Gasteiger partial charge in [-0.05, 0) is 39.0 Å². The molecule has 0 aromatic rings. The first-order valence-corrected chi connectivity index (χ1v) is 7.01. The van der Waals surface area contributed by atoms with Crippen LogP contribution in [0.1, 0.15) is 71.1 Å². The van der Waals surface area contributed by atoms with Crippen LogP contribution in [0.5, 0.6) is 0 Å². The molecule has 0 N–H and O–H groups in total. The molecule has 0 rings (SSSR count). The fourth-order valence-electron chi connectivity index (χ4n) is 1.81. The zero-order valence-corrected chi connectivity index (χ0v) is 11.1. The van der Waals surface area contributed by atoms with Crippen molar-refractivity contribution in [1.29, 1.82) is 0 Å². The average Bonchev–Trinajstić information content (AvgIpc) is 2.31. The van der Waals surface area contributed by atoms with Gasteiger partial charge in [-0.1, -0.05) is 63.3 Å². The highest BCUT2D eigenvalue weighted by Crippen LogP contribution is 2.10. The highest BCUT2D eigenvalue weighted by Gasteiger charge is 1.90. The summed E-state index contributed by atoms with van der Waals surface area (Å²) in [6.07, 6.45) is 22.1. The Labute approximate surface area is 103 Å². The van der Waals surface area contributed by atoms with Crippen LogP contribution in [0.2, 0.25) is 0 Å². The molecule has 0 unspecified atom stereocenters. The quantitative estimate of drug-likeness (QED) is 0.303. The maximum absolute atomic E-state index is 3.69. The van der Waals surface area contributed by atoms with Crippen LogP contribution in [0.25, 0.3) is 0 Å². The first-order chi connectivity index (χ1) is 7.91. The van der Waals surface area contributed by atoms with Gasteiger partial charge in [-0.25, -0.2) is 0 Å². The number of allylic oxidation sites excluding steroid dienone is 4. The first-order valence-electron chi connectivity index (χ1n) is 7.01. The monoisotopic (exact) mass is 221 g/mol. The van der Waals surface area contributed by atoms with Gasteiger partial charge in [0.15, 0.2) is 0 Å². The number of hydrogen-bond acceptors (Lipinski definition) is 0. The third-order valence-electron chi connectivity index (χ3n) is 2.81. The SMILES string of the molecule is [CH2]C=CCCCCCCCCCC=CCC. The second-order valence-electron chi connectivity index (χ2n) is 4.40. The Hall–Kier alpha value is -0.520. The number of rotatable bonds is 11. The van der Waals surface area contributed by atoms with Crippen LogP contribution in [0.3, 0.4) is 0 Å². The minimum atomic E-state index is 1.18. The van der Waals surface area contributed by atoms with Gasteiger partial charge >= 0.3 is 0 Å². The molecule has 0 aromatic carbocycles. The van der Waals surface area contributed by atoms with Gasteiger partial charge in [-0.3, -0.25) is 0 Å². The fourth-order valence-corrected chi connectivity index (χ4v) is 1.81. The molecule has 0 atom stereocenters. The summed E-state index contributed by atoms with van der Waals surface area (Å²) in [5, 5.41) is 0. The summed E-state index contributed by atoms with van der Waals surface area (Å²) in [6.45, 7) is 5.88. The maximum Gasteiger partial charge on any atom is -0.0316 e. The first kappa shape index (κ1) is 15.5. The lowest BCUT2D eigenvalue weighted by Gasteiger charge is -2.00. The molecular weight excluding hydrogens is 192 g/mol. The summed E-state index contributed by atoms with van der Waals surface area (Å²) in [6, 6.07) is 0. The fraction of sp³-hybridized carbons (Fsp3) is 0.688. The van der Waals surface area contributed by atoms with Crippen molar-refractivity contribution < 1.29 is 0 Å². The van der Waals surface area contributed by atoms with E-state index in [0.717, 1.165) is 0 Å². The molecule has 0 heteroatoms. The van der Waals surface area contributed by atoms with Crippen LogP contribution in [0, 0.1) is 6.92 Å². The maximum atomic E-state index is 3.69. The van der Waals surface area contributed by atoms with Gasteiger partial charge in [0, 0.05) is 0 Å². The Morgan fingerprint density at radius 3 is 1.69 bits per heavy atom. The number of hydrogen-bond donors (Lipinski definition) is 0. The summed E-state index contributed by atoms with van der Waals surface area (Å²) >= 11 is 0. The van der Waals surface area contributed by atoms with E-state index in [2.05, 4.69) is 32.1 Å². The minimum absolute atomic E-state index is 1.18. The summed E-state index contributed by atoms with van der Waals surface area (Å²) in [5.74, 6) is 0. The van der Waals surface area contributed by atoms with E-state index in [1.165, 1.54) is 64.2 Å². The molecule has 0 nitrogen and oxygen atoms in total. The third kappa shape index (κ3) is 13.5. The van der Waals surface area contributed by atoms with Crippen molar-refractivity contribution in [2.75, 3.05) is 0 Å². The van der Waals surface area contributed by atoms with Gasteiger partial charge in [0.05, 0.1) is 0 Å². The molecule has 0 heterocycles. The molecule has 0 fully saturated rings. The van der Waals surface area contributed by atoms with E-state index in [0.29, 0.717) is 0 Å². The Morgan fingerprint density at radius 2 is 1.19 bits per heavy atom. The highest BCUT2D eigenvalue weighted by molar-refractivity contribution is 4.83. The van der Waals surface area contributed by atoms with E-state index in [1.807, 2.05) is 6.08 Å². The molecule has 0 bridgehead atoms. The third-order valence-corrected chi connectivity index (χ3v) is 2.81. The van der Waals surface area contributed by atoms with Crippen molar-refractivity contribution in [3.63, 3.8) is 0 Å². The molecule has 0 saturated heterocycles. The summed E-state index contributed by atoms with van der Waals surface area (Å²) in [4.78, 5) is 0. The summed E-state index contributed by atoms with van der Waals surface area (Å²) in [7, 11) is 0. The normalized spacial score (nSPS) is 11.9. The lowest BCUT2D eigenvalue weighted by molar-refractivity contribution is 0.583. The van der Waals surface area contributed by atoms with Gasteiger partial charge in [0.25, 0.3) is 0 Å². The van der Waals surface area contributed by atoms with Gasteiger partial charge in [-0.15, -0.1) is 0 Å². The molecule has 0 saturated carbocycles. The second kappa shape index (κ2) is 14.5. The lowest BCUT2D eigenvalue weighted by atomic mass is 10.1. The predicted octanol–water partition coefficient (Wildman–Crippen LogP) is 5.85. The van der Waals surface area contributed by atoms with Gasteiger partial charge in [0.2, 0.25) is 0 Å². The van der Waals surface area contributed by atoms with Crippen LogP contribution in [-0.4, -0.2) is 0 Å². The van der Waals surface area contributed by atoms with E-state index in [9.17, 15) is 0 Å². The molecule has 0 amide bonds. The van der Waals surface area contributed by atoms with Crippen molar-refractivity contribution in [3.05, 3.63) is 31.2 Å². The predicted molar refractivity (Wildman–Crippen MR) is 75.5 cm³/mol. The Morgan fingerprint density at radius 1 is 0.688 bits per heavy atom. The standard InChI is InChI=1S/C16H29/c1-3-5-7-9-11-13-15-16-14-12-10-8-6-4-2/h3,5-6,8H,1,4,7,9-16H2,2H3. The van der Waals surface area contributed by atoms with Crippen LogP contribution in [-0.2, 0) is 0 Å². The second-order valence-corrected chi connectivity index (χ2v) is 4.40. The highest BCUT2D eigenvalue weighted by atomic mass is 14.0. The van der Waals surface area contributed by atoms with Crippen molar-refractivity contribution in [1.82, 2.24) is 0 Å². The van der Waals surface area contributed by atoms with Gasteiger partial charge in [-0.2, -0.15) is 0 Å².